The normalized spacial score (nSPS) is 15.7. The molecule has 1 aromatic carbocycles. The number of nitriles is 1. The number of carbonyl (C=O) groups excluding carboxylic acids is 1. The number of nitrogens with zero attached hydrogens (tertiary/aromatic N) is 2. The van der Waals surface area contributed by atoms with E-state index in [0.29, 0.717) is 13.0 Å². The van der Waals surface area contributed by atoms with Crippen LogP contribution in [0.5, 0.6) is 0 Å². The molecule has 0 aromatic heterocycles. The van der Waals surface area contributed by atoms with Crippen LogP contribution in [0.4, 0.5) is 5.69 Å². The predicted molar refractivity (Wildman–Crippen MR) is 74.6 cm³/mol. The fourth-order valence-electron chi connectivity index (χ4n) is 2.43. The van der Waals surface area contributed by atoms with Crippen molar-refractivity contribution in [3.8, 4) is 6.07 Å². The van der Waals surface area contributed by atoms with Crippen LogP contribution in [-0.4, -0.2) is 25.5 Å². The molecule has 2 rings (SSSR count). The Balaban J connectivity index is 2.12. The van der Waals surface area contributed by atoms with Crippen molar-refractivity contribution in [2.24, 2.45) is 5.92 Å². The van der Waals surface area contributed by atoms with E-state index in [-0.39, 0.29) is 11.8 Å². The fourth-order valence-corrected chi connectivity index (χ4v) is 2.43. The van der Waals surface area contributed by atoms with Crippen LogP contribution in [0.2, 0.25) is 0 Å². The highest BCUT2D eigenvalue weighted by Crippen LogP contribution is 2.21. The van der Waals surface area contributed by atoms with Gasteiger partial charge in [-0.3, -0.25) is 4.79 Å². The molecular weight excluding hydrogens is 238 g/mol. The maximum atomic E-state index is 12.6. The highest BCUT2D eigenvalue weighted by atomic mass is 16.2. The maximum absolute atomic E-state index is 12.6. The van der Waals surface area contributed by atoms with E-state index in [2.05, 4.69) is 11.4 Å². The number of anilines is 1. The van der Waals surface area contributed by atoms with Gasteiger partial charge in [0.2, 0.25) is 5.91 Å². The number of hydrogen-bond donors (Lipinski definition) is 1. The second kappa shape index (κ2) is 6.91. The first-order valence-corrected chi connectivity index (χ1v) is 6.77. The number of para-hydroxylation sites is 1. The van der Waals surface area contributed by atoms with E-state index in [9.17, 15) is 4.79 Å². The lowest BCUT2D eigenvalue weighted by Gasteiger charge is -2.29. The van der Waals surface area contributed by atoms with Gasteiger partial charge in [0.25, 0.3) is 0 Å². The molecule has 4 nitrogen and oxygen atoms in total. The van der Waals surface area contributed by atoms with Gasteiger partial charge in [0.1, 0.15) is 0 Å². The zero-order valence-electron chi connectivity index (χ0n) is 11.0. The van der Waals surface area contributed by atoms with Gasteiger partial charge < -0.3 is 10.2 Å². The summed E-state index contributed by atoms with van der Waals surface area (Å²) in [6.45, 7) is 2.28. The van der Waals surface area contributed by atoms with Gasteiger partial charge in [-0.2, -0.15) is 5.26 Å². The largest absolute Gasteiger partial charge is 0.317 e. The van der Waals surface area contributed by atoms with Crippen molar-refractivity contribution >= 4 is 11.6 Å². The zero-order valence-corrected chi connectivity index (χ0v) is 11.0. The third kappa shape index (κ3) is 3.55. The Kier molecular flexibility index (Phi) is 4.93. The van der Waals surface area contributed by atoms with Crippen molar-refractivity contribution in [2.75, 3.05) is 24.5 Å². The summed E-state index contributed by atoms with van der Waals surface area (Å²) >= 11 is 0. The molecule has 0 spiro atoms. The van der Waals surface area contributed by atoms with Crippen LogP contribution >= 0.6 is 0 Å². The molecule has 100 valence electrons. The molecule has 0 aliphatic carbocycles. The minimum Gasteiger partial charge on any atom is -0.317 e. The number of piperidine rings is 1. The van der Waals surface area contributed by atoms with Crippen molar-refractivity contribution in [2.45, 2.75) is 19.3 Å². The molecule has 0 atom stereocenters. The van der Waals surface area contributed by atoms with E-state index < -0.39 is 0 Å². The first kappa shape index (κ1) is 13.6. The van der Waals surface area contributed by atoms with Crippen molar-refractivity contribution in [3.05, 3.63) is 30.3 Å². The first-order chi connectivity index (χ1) is 9.33. The second-order valence-corrected chi connectivity index (χ2v) is 4.76. The van der Waals surface area contributed by atoms with Crippen LogP contribution in [0.1, 0.15) is 19.3 Å². The average molecular weight is 257 g/mol. The summed E-state index contributed by atoms with van der Waals surface area (Å²) in [6, 6.07) is 11.7. The van der Waals surface area contributed by atoms with Gasteiger partial charge in [-0.1, -0.05) is 18.2 Å². The van der Waals surface area contributed by atoms with Crippen LogP contribution in [0.25, 0.3) is 0 Å². The van der Waals surface area contributed by atoms with Crippen LogP contribution in [0.3, 0.4) is 0 Å². The summed E-state index contributed by atoms with van der Waals surface area (Å²) in [5.74, 6) is 0.239. The van der Waals surface area contributed by atoms with Gasteiger partial charge in [-0.15, -0.1) is 0 Å². The molecule has 1 aliphatic heterocycles. The second-order valence-electron chi connectivity index (χ2n) is 4.76. The van der Waals surface area contributed by atoms with Gasteiger partial charge >= 0.3 is 0 Å². The minimum atomic E-state index is 0.0835. The summed E-state index contributed by atoms with van der Waals surface area (Å²) in [6.07, 6.45) is 2.13. The van der Waals surface area contributed by atoms with E-state index >= 15 is 0 Å². The van der Waals surface area contributed by atoms with E-state index in [1.165, 1.54) is 0 Å². The highest BCUT2D eigenvalue weighted by molar-refractivity contribution is 5.95. The van der Waals surface area contributed by atoms with Gasteiger partial charge in [-0.05, 0) is 38.1 Å². The molecule has 0 saturated carbocycles. The monoisotopic (exact) mass is 257 g/mol. The quantitative estimate of drug-likeness (QED) is 0.896. The summed E-state index contributed by atoms with van der Waals surface area (Å²) in [4.78, 5) is 14.4. The smallest absolute Gasteiger partial charge is 0.230 e. The molecule has 1 fully saturated rings. The Morgan fingerprint density at radius 2 is 2.00 bits per heavy atom. The molecule has 0 bridgehead atoms. The molecule has 4 heteroatoms. The van der Waals surface area contributed by atoms with Crippen LogP contribution in [0.15, 0.2) is 30.3 Å². The Labute approximate surface area is 114 Å². The summed E-state index contributed by atoms with van der Waals surface area (Å²) in [7, 11) is 0. The molecule has 1 heterocycles. The van der Waals surface area contributed by atoms with Gasteiger partial charge in [0.15, 0.2) is 0 Å². The van der Waals surface area contributed by atoms with Crippen molar-refractivity contribution in [1.29, 1.82) is 5.26 Å². The summed E-state index contributed by atoms with van der Waals surface area (Å²) < 4.78 is 0. The molecule has 19 heavy (non-hydrogen) atoms. The fraction of sp³-hybridized carbons (Fsp3) is 0.467. The van der Waals surface area contributed by atoms with Crippen molar-refractivity contribution < 1.29 is 4.79 Å². The molecule has 1 saturated heterocycles. The Hall–Kier alpha value is -1.86. The summed E-state index contributed by atoms with van der Waals surface area (Å²) in [5, 5.41) is 12.0. The van der Waals surface area contributed by atoms with Gasteiger partial charge in [0, 0.05) is 18.2 Å². The van der Waals surface area contributed by atoms with Crippen LogP contribution < -0.4 is 10.2 Å². The Morgan fingerprint density at radius 3 is 2.63 bits per heavy atom. The lowest BCUT2D eigenvalue weighted by molar-refractivity contribution is -0.123. The molecular formula is C15H19N3O. The number of hydrogen-bond acceptors (Lipinski definition) is 3. The number of amides is 1. The molecule has 1 aliphatic rings. The van der Waals surface area contributed by atoms with E-state index in [1.54, 1.807) is 4.90 Å². The third-order valence-corrected chi connectivity index (χ3v) is 3.47. The standard InChI is InChI=1S/C15H19N3O/c16-9-4-12-18(14-5-2-1-3-6-14)15(19)13-7-10-17-11-8-13/h1-3,5-6,13,17H,4,7-8,10-12H2. The van der Waals surface area contributed by atoms with E-state index in [0.717, 1.165) is 31.6 Å². The SMILES string of the molecule is N#CCCN(C(=O)C1CCNCC1)c1ccccc1. The minimum absolute atomic E-state index is 0.0835. The third-order valence-electron chi connectivity index (χ3n) is 3.47. The number of rotatable bonds is 4. The van der Waals surface area contributed by atoms with Gasteiger partial charge in [-0.25, -0.2) is 0 Å². The molecule has 1 amide bonds. The number of nitrogens with one attached hydrogen (secondary N) is 1. The van der Waals surface area contributed by atoms with Crippen LogP contribution in [-0.2, 0) is 4.79 Å². The predicted octanol–water partition coefficient (Wildman–Crippen LogP) is 1.93. The zero-order chi connectivity index (χ0) is 13.5. The molecule has 0 radical (unpaired) electrons. The Bertz CT molecular complexity index is 446. The molecule has 1 N–H and O–H groups in total. The topological polar surface area (TPSA) is 56.1 Å². The van der Waals surface area contributed by atoms with Gasteiger partial charge in [0.05, 0.1) is 12.5 Å². The van der Waals surface area contributed by atoms with Crippen molar-refractivity contribution in [3.63, 3.8) is 0 Å². The Morgan fingerprint density at radius 1 is 1.32 bits per heavy atom. The molecule has 0 unspecified atom stereocenters. The highest BCUT2D eigenvalue weighted by Gasteiger charge is 2.26. The van der Waals surface area contributed by atoms with Crippen LogP contribution in [0, 0.1) is 17.2 Å². The van der Waals surface area contributed by atoms with E-state index in [4.69, 9.17) is 5.26 Å². The number of carbonyl (C=O) groups is 1. The first-order valence-electron chi connectivity index (χ1n) is 6.77. The summed E-state index contributed by atoms with van der Waals surface area (Å²) in [5.41, 5.74) is 0.890. The number of benzene rings is 1. The van der Waals surface area contributed by atoms with E-state index in [1.807, 2.05) is 30.3 Å². The molecule has 1 aromatic rings. The maximum Gasteiger partial charge on any atom is 0.230 e. The average Bonchev–Trinajstić information content (AvgIpc) is 2.49. The van der Waals surface area contributed by atoms with Crippen molar-refractivity contribution in [1.82, 2.24) is 5.32 Å². The lowest BCUT2D eigenvalue weighted by atomic mass is 9.96. The lowest BCUT2D eigenvalue weighted by Crippen LogP contribution is -2.41.